The number of rotatable bonds is 5. The fourth-order valence-corrected chi connectivity index (χ4v) is 3.18. The van der Waals surface area contributed by atoms with Crippen molar-refractivity contribution in [2.45, 2.75) is 44.9 Å². The predicted octanol–water partition coefficient (Wildman–Crippen LogP) is 3.11. The van der Waals surface area contributed by atoms with Crippen molar-refractivity contribution in [1.29, 1.82) is 0 Å². The van der Waals surface area contributed by atoms with Crippen molar-refractivity contribution in [2.24, 2.45) is 5.92 Å². The third-order valence-corrected chi connectivity index (χ3v) is 4.47. The van der Waals surface area contributed by atoms with E-state index >= 15 is 0 Å². The van der Waals surface area contributed by atoms with Crippen molar-refractivity contribution in [3.05, 3.63) is 28.2 Å². The summed E-state index contributed by atoms with van der Waals surface area (Å²) in [5.41, 5.74) is 0.294. The minimum atomic E-state index is -1.29. The van der Waals surface area contributed by atoms with Crippen LogP contribution >= 0.6 is 15.9 Å². The molecule has 4 nitrogen and oxygen atoms in total. The first kappa shape index (κ1) is 16.0. The molecular formula is C16H19BrNO3-. The molecule has 0 atom stereocenters. The second-order valence-electron chi connectivity index (χ2n) is 5.57. The molecule has 1 aromatic carbocycles. The van der Waals surface area contributed by atoms with Crippen LogP contribution in [0, 0.1) is 5.92 Å². The van der Waals surface area contributed by atoms with Gasteiger partial charge in [-0.05, 0) is 30.5 Å². The van der Waals surface area contributed by atoms with Crippen LogP contribution in [0.15, 0.2) is 22.7 Å². The Hall–Kier alpha value is -1.36. The lowest BCUT2D eigenvalue weighted by molar-refractivity contribution is -0.254. The Morgan fingerprint density at radius 1 is 1.24 bits per heavy atom. The van der Waals surface area contributed by atoms with Gasteiger partial charge in [0, 0.05) is 16.5 Å². The van der Waals surface area contributed by atoms with Gasteiger partial charge in [-0.15, -0.1) is 0 Å². The van der Waals surface area contributed by atoms with Crippen molar-refractivity contribution in [1.82, 2.24) is 0 Å². The number of halogens is 1. The monoisotopic (exact) mass is 352 g/mol. The maximum Gasteiger partial charge on any atom is 0.224 e. The first-order valence-corrected chi connectivity index (χ1v) is 8.16. The van der Waals surface area contributed by atoms with E-state index in [1.807, 2.05) is 0 Å². The number of benzene rings is 1. The summed E-state index contributed by atoms with van der Waals surface area (Å²) in [5, 5.41) is 13.7. The molecule has 5 heteroatoms. The first-order chi connectivity index (χ1) is 10.1. The Morgan fingerprint density at radius 2 is 1.95 bits per heavy atom. The number of nitrogens with one attached hydrogen (secondary N) is 1. The number of carboxylic acids is 1. The number of anilines is 1. The van der Waals surface area contributed by atoms with E-state index < -0.39 is 5.97 Å². The summed E-state index contributed by atoms with van der Waals surface area (Å²) in [5.74, 6) is -0.793. The molecule has 1 saturated carbocycles. The molecule has 0 aromatic heterocycles. The van der Waals surface area contributed by atoms with Gasteiger partial charge in [0.15, 0.2) is 0 Å². The van der Waals surface area contributed by atoms with Gasteiger partial charge in [0.25, 0.3) is 0 Å². The zero-order valence-corrected chi connectivity index (χ0v) is 13.4. The van der Waals surface area contributed by atoms with E-state index in [-0.39, 0.29) is 17.2 Å². The molecule has 0 unspecified atom stereocenters. The van der Waals surface area contributed by atoms with Crippen LogP contribution in [0.25, 0.3) is 0 Å². The topological polar surface area (TPSA) is 69.2 Å². The summed E-state index contributed by atoms with van der Waals surface area (Å²) in [6, 6.07) is 4.63. The number of carbonyl (C=O) groups is 2. The molecule has 1 fully saturated rings. The van der Waals surface area contributed by atoms with Crippen LogP contribution in [-0.4, -0.2) is 11.9 Å². The summed E-state index contributed by atoms with van der Waals surface area (Å²) >= 11 is 3.27. The van der Waals surface area contributed by atoms with Crippen molar-refractivity contribution < 1.29 is 14.7 Å². The molecule has 114 valence electrons. The maximum absolute atomic E-state index is 12.0. The van der Waals surface area contributed by atoms with E-state index in [4.69, 9.17) is 0 Å². The summed E-state index contributed by atoms with van der Waals surface area (Å²) in [6.45, 7) is 0. The lowest BCUT2D eigenvalue weighted by Gasteiger charge is -2.21. The van der Waals surface area contributed by atoms with Gasteiger partial charge in [-0.25, -0.2) is 0 Å². The fraction of sp³-hybridized carbons (Fsp3) is 0.500. The van der Waals surface area contributed by atoms with Gasteiger partial charge in [0.05, 0.1) is 11.7 Å². The van der Waals surface area contributed by atoms with Crippen molar-refractivity contribution in [3.8, 4) is 0 Å². The van der Waals surface area contributed by atoms with Gasteiger partial charge in [-0.2, -0.15) is 0 Å². The number of carboxylic acid groups (broad SMARTS) is 1. The van der Waals surface area contributed by atoms with Gasteiger partial charge < -0.3 is 15.2 Å². The fourth-order valence-electron chi connectivity index (χ4n) is 2.82. The van der Waals surface area contributed by atoms with Crippen LogP contribution in [0.2, 0.25) is 0 Å². The van der Waals surface area contributed by atoms with Gasteiger partial charge in [0.2, 0.25) is 5.91 Å². The molecule has 0 saturated heterocycles. The van der Waals surface area contributed by atoms with E-state index in [0.717, 1.165) is 10.9 Å². The third-order valence-electron chi connectivity index (χ3n) is 3.98. The highest BCUT2D eigenvalue weighted by Gasteiger charge is 2.15. The van der Waals surface area contributed by atoms with Crippen LogP contribution < -0.4 is 10.4 Å². The number of carbonyl (C=O) groups excluding carboxylic acids is 2. The molecule has 0 heterocycles. The highest BCUT2D eigenvalue weighted by Crippen LogP contribution is 2.27. The molecule has 0 bridgehead atoms. The van der Waals surface area contributed by atoms with Gasteiger partial charge in [-0.1, -0.05) is 48.0 Å². The Morgan fingerprint density at radius 3 is 2.62 bits per heavy atom. The quantitative estimate of drug-likeness (QED) is 0.884. The van der Waals surface area contributed by atoms with Crippen LogP contribution in [0.5, 0.6) is 0 Å². The Bertz CT molecular complexity index is 524. The first-order valence-electron chi connectivity index (χ1n) is 7.37. The second kappa shape index (κ2) is 7.59. The molecule has 21 heavy (non-hydrogen) atoms. The smallest absolute Gasteiger partial charge is 0.224 e. The molecule has 2 rings (SSSR count). The predicted molar refractivity (Wildman–Crippen MR) is 82.9 cm³/mol. The standard InChI is InChI=1S/C16H20BrNO3/c17-12-7-8-13(16(20)21)14(10-12)18-15(19)9-6-11-4-2-1-3-5-11/h7-8,10-11H,1-6,9H2,(H,18,19)(H,20,21)/p-1. The van der Waals surface area contributed by atoms with Crippen molar-refractivity contribution in [2.75, 3.05) is 5.32 Å². The van der Waals surface area contributed by atoms with Crippen LogP contribution in [0.1, 0.15) is 55.3 Å². The second-order valence-corrected chi connectivity index (χ2v) is 6.48. The number of hydrogen-bond donors (Lipinski definition) is 1. The van der Waals surface area contributed by atoms with Gasteiger partial charge in [0.1, 0.15) is 0 Å². The molecule has 1 amide bonds. The summed E-state index contributed by atoms with van der Waals surface area (Å²) in [7, 11) is 0. The van der Waals surface area contributed by atoms with Crippen LogP contribution in [0.3, 0.4) is 0 Å². The molecule has 0 radical (unpaired) electrons. The largest absolute Gasteiger partial charge is 0.545 e. The molecule has 1 aliphatic carbocycles. The normalized spacial score (nSPS) is 15.7. The average Bonchev–Trinajstić information content (AvgIpc) is 2.46. The minimum absolute atomic E-state index is 0.00390. The van der Waals surface area contributed by atoms with E-state index in [0.29, 0.717) is 12.3 Å². The zero-order valence-electron chi connectivity index (χ0n) is 11.9. The van der Waals surface area contributed by atoms with E-state index in [2.05, 4.69) is 21.2 Å². The Labute approximate surface area is 133 Å². The van der Waals surface area contributed by atoms with Gasteiger partial charge in [-0.3, -0.25) is 4.79 Å². The maximum atomic E-state index is 12.0. The molecule has 0 aliphatic heterocycles. The van der Waals surface area contributed by atoms with Crippen molar-refractivity contribution in [3.63, 3.8) is 0 Å². The highest BCUT2D eigenvalue weighted by molar-refractivity contribution is 9.10. The molecule has 1 aliphatic rings. The molecule has 1 N–H and O–H groups in total. The number of hydrogen-bond acceptors (Lipinski definition) is 3. The summed E-state index contributed by atoms with van der Waals surface area (Å²) < 4.78 is 0.718. The summed E-state index contributed by atoms with van der Waals surface area (Å²) in [6.07, 6.45) is 7.53. The SMILES string of the molecule is O=C(CCC1CCCCC1)Nc1cc(Br)ccc1C(=O)[O-]. The van der Waals surface area contributed by atoms with Crippen LogP contribution in [-0.2, 0) is 4.79 Å². The number of aromatic carboxylic acids is 1. The third kappa shape index (κ3) is 4.84. The lowest BCUT2D eigenvalue weighted by atomic mass is 9.86. The molecular weight excluding hydrogens is 334 g/mol. The Balaban J connectivity index is 1.92. The van der Waals surface area contributed by atoms with Gasteiger partial charge >= 0.3 is 0 Å². The Kier molecular flexibility index (Phi) is 5.79. The van der Waals surface area contributed by atoms with E-state index in [9.17, 15) is 14.7 Å². The molecule has 1 aromatic rings. The lowest BCUT2D eigenvalue weighted by Crippen LogP contribution is -2.25. The molecule has 0 spiro atoms. The average molecular weight is 353 g/mol. The van der Waals surface area contributed by atoms with Crippen molar-refractivity contribution >= 4 is 33.5 Å². The minimum Gasteiger partial charge on any atom is -0.545 e. The summed E-state index contributed by atoms with van der Waals surface area (Å²) in [4.78, 5) is 23.0. The van der Waals surface area contributed by atoms with E-state index in [1.54, 1.807) is 12.1 Å². The van der Waals surface area contributed by atoms with Crippen LogP contribution in [0.4, 0.5) is 5.69 Å². The number of amides is 1. The zero-order chi connectivity index (χ0) is 15.2. The van der Waals surface area contributed by atoms with E-state index in [1.165, 1.54) is 38.2 Å². The highest BCUT2D eigenvalue weighted by atomic mass is 79.9.